The van der Waals surface area contributed by atoms with Crippen LogP contribution in [0, 0.1) is 6.92 Å². The van der Waals surface area contributed by atoms with Gasteiger partial charge in [-0.1, -0.05) is 15.9 Å². The van der Waals surface area contributed by atoms with Crippen molar-refractivity contribution in [3.63, 3.8) is 0 Å². The molecule has 2 N–H and O–H groups in total. The minimum Gasteiger partial charge on any atom is -0.325 e. The predicted molar refractivity (Wildman–Crippen MR) is 93.3 cm³/mol. The van der Waals surface area contributed by atoms with Crippen LogP contribution < -0.4 is 10.6 Å². The largest absolute Gasteiger partial charge is 0.325 e. The molecule has 4 nitrogen and oxygen atoms in total. The summed E-state index contributed by atoms with van der Waals surface area (Å²) in [7, 11) is 1.96. The van der Waals surface area contributed by atoms with Crippen molar-refractivity contribution >= 4 is 39.9 Å². The Kier molecular flexibility index (Phi) is 7.66. The van der Waals surface area contributed by atoms with Crippen molar-refractivity contribution in [1.29, 1.82) is 0 Å². The molecule has 0 aliphatic carbocycles. The minimum atomic E-state index is 0. The molecule has 0 aromatic heterocycles. The van der Waals surface area contributed by atoms with Crippen molar-refractivity contribution in [2.75, 3.05) is 32.0 Å². The van der Waals surface area contributed by atoms with Crippen LogP contribution in [0.2, 0.25) is 0 Å². The zero-order valence-electron chi connectivity index (χ0n) is 12.5. The van der Waals surface area contributed by atoms with Crippen molar-refractivity contribution in [1.82, 2.24) is 10.2 Å². The third-order valence-electron chi connectivity index (χ3n) is 3.75. The molecule has 1 aliphatic heterocycles. The van der Waals surface area contributed by atoms with Crippen molar-refractivity contribution in [3.8, 4) is 0 Å². The summed E-state index contributed by atoms with van der Waals surface area (Å²) in [6.07, 6.45) is 2.35. The van der Waals surface area contributed by atoms with Gasteiger partial charge < -0.3 is 10.6 Å². The normalized spacial score (nSPS) is 18.3. The summed E-state index contributed by atoms with van der Waals surface area (Å²) in [5.41, 5.74) is 1.96. The van der Waals surface area contributed by atoms with E-state index in [0.29, 0.717) is 12.6 Å². The third kappa shape index (κ3) is 5.25. The molecule has 6 heteroatoms. The number of carbonyl (C=O) groups is 1. The molecule has 1 saturated heterocycles. The number of halogens is 2. The number of likely N-dealkylation sites (N-methyl/N-ethyl adjacent to an activating group) is 1. The van der Waals surface area contributed by atoms with Gasteiger partial charge in [0.15, 0.2) is 0 Å². The second-order valence-electron chi connectivity index (χ2n) is 5.33. The summed E-state index contributed by atoms with van der Waals surface area (Å²) < 4.78 is 1.03. The van der Waals surface area contributed by atoms with Gasteiger partial charge in [0.2, 0.25) is 5.91 Å². The molecule has 1 aliphatic rings. The highest BCUT2D eigenvalue weighted by Gasteiger charge is 2.25. The van der Waals surface area contributed by atoms with Crippen molar-refractivity contribution in [3.05, 3.63) is 28.2 Å². The van der Waals surface area contributed by atoms with E-state index in [4.69, 9.17) is 0 Å². The molecule has 0 bridgehead atoms. The number of hydrogen-bond acceptors (Lipinski definition) is 3. The van der Waals surface area contributed by atoms with Gasteiger partial charge in [-0.15, -0.1) is 12.4 Å². The first-order valence-corrected chi connectivity index (χ1v) is 7.84. The van der Waals surface area contributed by atoms with Crippen molar-refractivity contribution in [2.45, 2.75) is 25.8 Å². The van der Waals surface area contributed by atoms with Crippen molar-refractivity contribution < 1.29 is 4.79 Å². The summed E-state index contributed by atoms with van der Waals surface area (Å²) in [4.78, 5) is 14.4. The Morgan fingerprint density at radius 3 is 2.90 bits per heavy atom. The molecule has 1 aromatic rings. The van der Waals surface area contributed by atoms with E-state index in [9.17, 15) is 4.79 Å². The van der Waals surface area contributed by atoms with Gasteiger partial charge in [-0.25, -0.2) is 0 Å². The zero-order chi connectivity index (χ0) is 14.5. The molecule has 1 aromatic carbocycles. The van der Waals surface area contributed by atoms with Gasteiger partial charge in [0.05, 0.1) is 6.54 Å². The summed E-state index contributed by atoms with van der Waals surface area (Å²) >= 11 is 3.43. The number of hydrogen-bond donors (Lipinski definition) is 2. The van der Waals surface area contributed by atoms with E-state index >= 15 is 0 Å². The first kappa shape index (κ1) is 18.4. The number of carbonyl (C=O) groups excluding carboxylic acids is 1. The lowest BCUT2D eigenvalue weighted by molar-refractivity contribution is -0.117. The fourth-order valence-electron chi connectivity index (χ4n) is 2.71. The van der Waals surface area contributed by atoms with Gasteiger partial charge in [0.1, 0.15) is 0 Å². The Morgan fingerprint density at radius 1 is 1.48 bits per heavy atom. The van der Waals surface area contributed by atoms with Crippen LogP contribution in [-0.2, 0) is 4.79 Å². The smallest absolute Gasteiger partial charge is 0.238 e. The molecule has 0 radical (unpaired) electrons. The van der Waals surface area contributed by atoms with Gasteiger partial charge in [0, 0.05) is 22.7 Å². The molecule has 1 fully saturated rings. The maximum absolute atomic E-state index is 12.2. The Balaban J connectivity index is 0.00000220. The third-order valence-corrected chi connectivity index (χ3v) is 4.24. The Labute approximate surface area is 141 Å². The molecule has 2 rings (SSSR count). The lowest BCUT2D eigenvalue weighted by atomic mass is 10.2. The van der Waals surface area contributed by atoms with Gasteiger partial charge in [-0.05, 0) is 57.1 Å². The van der Waals surface area contributed by atoms with Crippen LogP contribution in [0.5, 0.6) is 0 Å². The molecule has 0 spiro atoms. The summed E-state index contributed by atoms with van der Waals surface area (Å²) in [6, 6.07) is 6.38. The van der Waals surface area contributed by atoms with E-state index in [0.717, 1.165) is 28.8 Å². The average Bonchev–Trinajstić information content (AvgIpc) is 2.81. The highest BCUT2D eigenvalue weighted by Crippen LogP contribution is 2.21. The Bertz CT molecular complexity index is 484. The molecular weight excluding hydrogens is 354 g/mol. The standard InChI is InChI=1S/C15H22BrN3O.ClH/c1-11-8-12(16)5-6-14(11)18-15(20)10-19-7-3-4-13(19)9-17-2;/h5-6,8,13,17H,3-4,7,9-10H2,1-2H3,(H,18,20);1H. The highest BCUT2D eigenvalue weighted by molar-refractivity contribution is 9.10. The average molecular weight is 377 g/mol. The number of rotatable bonds is 5. The Hall–Kier alpha value is -0.620. The molecule has 1 heterocycles. The molecule has 21 heavy (non-hydrogen) atoms. The van der Waals surface area contributed by atoms with Crippen LogP contribution in [0.15, 0.2) is 22.7 Å². The van der Waals surface area contributed by atoms with E-state index < -0.39 is 0 Å². The van der Waals surface area contributed by atoms with Gasteiger partial charge in [-0.3, -0.25) is 9.69 Å². The number of nitrogens with one attached hydrogen (secondary N) is 2. The van der Waals surface area contributed by atoms with E-state index in [-0.39, 0.29) is 18.3 Å². The van der Waals surface area contributed by atoms with Gasteiger partial charge in [-0.2, -0.15) is 0 Å². The lowest BCUT2D eigenvalue weighted by Gasteiger charge is -2.23. The van der Waals surface area contributed by atoms with Crippen molar-refractivity contribution in [2.24, 2.45) is 0 Å². The molecule has 0 saturated carbocycles. The number of amides is 1. The van der Waals surface area contributed by atoms with E-state index in [1.165, 1.54) is 12.8 Å². The SMILES string of the molecule is CNCC1CCCN1CC(=O)Nc1ccc(Br)cc1C.Cl. The summed E-state index contributed by atoms with van der Waals surface area (Å²) in [6.45, 7) is 4.44. The van der Waals surface area contributed by atoms with Crippen LogP contribution in [-0.4, -0.2) is 43.5 Å². The topological polar surface area (TPSA) is 44.4 Å². The van der Waals surface area contributed by atoms with Crippen LogP contribution in [0.4, 0.5) is 5.69 Å². The Morgan fingerprint density at radius 2 is 2.24 bits per heavy atom. The second kappa shape index (κ2) is 8.73. The monoisotopic (exact) mass is 375 g/mol. The molecular formula is C15H23BrClN3O. The number of anilines is 1. The number of nitrogens with zero attached hydrogens (tertiary/aromatic N) is 1. The van der Waals surface area contributed by atoms with Crippen LogP contribution in [0.25, 0.3) is 0 Å². The quantitative estimate of drug-likeness (QED) is 0.830. The molecule has 118 valence electrons. The van der Waals surface area contributed by atoms with Crippen LogP contribution >= 0.6 is 28.3 Å². The fraction of sp³-hybridized carbons (Fsp3) is 0.533. The lowest BCUT2D eigenvalue weighted by Crippen LogP contribution is -2.41. The summed E-state index contributed by atoms with van der Waals surface area (Å²) in [5, 5.41) is 6.20. The van der Waals surface area contributed by atoms with Gasteiger partial charge >= 0.3 is 0 Å². The van der Waals surface area contributed by atoms with E-state index in [1.54, 1.807) is 0 Å². The minimum absolute atomic E-state index is 0. The predicted octanol–water partition coefficient (Wildman–Crippen LogP) is 2.80. The second-order valence-corrected chi connectivity index (χ2v) is 6.25. The first-order valence-electron chi connectivity index (χ1n) is 7.05. The maximum Gasteiger partial charge on any atom is 0.238 e. The maximum atomic E-state index is 12.2. The number of likely N-dealkylation sites (tertiary alicyclic amines) is 1. The first-order chi connectivity index (χ1) is 9.60. The highest BCUT2D eigenvalue weighted by atomic mass is 79.9. The van der Waals surface area contributed by atoms with E-state index in [1.807, 2.05) is 32.2 Å². The summed E-state index contributed by atoms with van der Waals surface area (Å²) in [5.74, 6) is 0.0680. The van der Waals surface area contributed by atoms with Gasteiger partial charge in [0.25, 0.3) is 0 Å². The molecule has 1 atom stereocenters. The zero-order valence-corrected chi connectivity index (χ0v) is 14.9. The fourth-order valence-corrected chi connectivity index (χ4v) is 3.19. The number of aryl methyl sites for hydroxylation is 1. The number of benzene rings is 1. The van der Waals surface area contributed by atoms with Crippen LogP contribution in [0.1, 0.15) is 18.4 Å². The molecule has 1 unspecified atom stereocenters. The van der Waals surface area contributed by atoms with Crippen LogP contribution in [0.3, 0.4) is 0 Å². The molecule has 1 amide bonds. The van der Waals surface area contributed by atoms with E-state index in [2.05, 4.69) is 31.5 Å².